The van der Waals surface area contributed by atoms with Crippen LogP contribution in [0.15, 0.2) is 0 Å². The van der Waals surface area contributed by atoms with Crippen molar-refractivity contribution in [3.05, 3.63) is 0 Å². The maximum atomic E-state index is 11.9. The van der Waals surface area contributed by atoms with Crippen molar-refractivity contribution in [2.45, 2.75) is 31.8 Å². The first kappa shape index (κ1) is 16.7. The van der Waals surface area contributed by atoms with E-state index in [9.17, 15) is 9.59 Å². The Kier molecular flexibility index (Phi) is 7.98. The summed E-state index contributed by atoms with van der Waals surface area (Å²) in [7, 11) is 1.67. The first-order chi connectivity index (χ1) is 9.63. The van der Waals surface area contributed by atoms with E-state index in [4.69, 9.17) is 14.6 Å². The molecule has 1 unspecified atom stereocenters. The van der Waals surface area contributed by atoms with Crippen molar-refractivity contribution < 1.29 is 24.2 Å². The van der Waals surface area contributed by atoms with E-state index in [1.54, 1.807) is 12.0 Å². The van der Waals surface area contributed by atoms with Crippen molar-refractivity contribution in [1.29, 1.82) is 0 Å². The number of aliphatic carboxylic acids is 1. The molecule has 1 atom stereocenters. The molecule has 0 aromatic rings. The number of rotatable bonds is 8. The molecule has 1 aliphatic rings. The van der Waals surface area contributed by atoms with Crippen LogP contribution in [0.2, 0.25) is 0 Å². The van der Waals surface area contributed by atoms with Gasteiger partial charge in [-0.2, -0.15) is 0 Å². The number of nitrogens with one attached hydrogen (secondary N) is 1. The van der Waals surface area contributed by atoms with Crippen molar-refractivity contribution in [2.75, 3.05) is 40.0 Å². The van der Waals surface area contributed by atoms with Gasteiger partial charge in [0.2, 0.25) is 0 Å². The maximum absolute atomic E-state index is 11.9. The minimum atomic E-state index is -0.907. The smallest absolute Gasteiger partial charge is 0.317 e. The van der Waals surface area contributed by atoms with Crippen LogP contribution in [0.3, 0.4) is 0 Å². The molecule has 0 aromatic heterocycles. The zero-order valence-electron chi connectivity index (χ0n) is 12.0. The SMILES string of the molecule is COCCCCCNC(=O)N1CCOC(CC(=O)O)C1. The summed E-state index contributed by atoms with van der Waals surface area (Å²) < 4.78 is 10.3. The lowest BCUT2D eigenvalue weighted by atomic mass is 10.2. The molecule has 0 bridgehead atoms. The number of hydrogen-bond acceptors (Lipinski definition) is 4. The van der Waals surface area contributed by atoms with Crippen LogP contribution in [0.5, 0.6) is 0 Å². The summed E-state index contributed by atoms with van der Waals surface area (Å²) in [6, 6.07) is -0.143. The molecule has 0 aromatic carbocycles. The molecule has 2 amide bonds. The van der Waals surface area contributed by atoms with Gasteiger partial charge < -0.3 is 24.8 Å². The van der Waals surface area contributed by atoms with Crippen molar-refractivity contribution in [3.63, 3.8) is 0 Å². The topological polar surface area (TPSA) is 88.1 Å². The van der Waals surface area contributed by atoms with E-state index in [0.717, 1.165) is 25.9 Å². The third kappa shape index (κ3) is 6.72. The molecule has 0 radical (unpaired) electrons. The Hall–Kier alpha value is -1.34. The quantitative estimate of drug-likeness (QED) is 0.642. The molecule has 0 aliphatic carbocycles. The predicted molar refractivity (Wildman–Crippen MR) is 72.7 cm³/mol. The summed E-state index contributed by atoms with van der Waals surface area (Å²) in [5, 5.41) is 11.6. The zero-order valence-corrected chi connectivity index (χ0v) is 12.0. The molecule has 1 aliphatic heterocycles. The largest absolute Gasteiger partial charge is 0.481 e. The number of morpholine rings is 1. The molecule has 0 saturated carbocycles. The molecular formula is C13H24N2O5. The molecule has 7 nitrogen and oxygen atoms in total. The second kappa shape index (κ2) is 9.55. The van der Waals surface area contributed by atoms with Gasteiger partial charge >= 0.3 is 12.0 Å². The number of carbonyl (C=O) groups excluding carboxylic acids is 1. The van der Waals surface area contributed by atoms with E-state index < -0.39 is 12.1 Å². The Morgan fingerprint density at radius 2 is 2.20 bits per heavy atom. The lowest BCUT2D eigenvalue weighted by Gasteiger charge is -2.32. The number of nitrogens with zero attached hydrogens (tertiary/aromatic N) is 1. The monoisotopic (exact) mass is 288 g/mol. The molecule has 7 heteroatoms. The van der Waals surface area contributed by atoms with Gasteiger partial charge in [-0.1, -0.05) is 0 Å². The molecule has 116 valence electrons. The number of carboxylic acids is 1. The number of ether oxygens (including phenoxy) is 2. The highest BCUT2D eigenvalue weighted by atomic mass is 16.5. The lowest BCUT2D eigenvalue weighted by Crippen LogP contribution is -2.50. The summed E-state index contributed by atoms with van der Waals surface area (Å²) in [6.07, 6.45) is 2.44. The molecule has 0 spiro atoms. The summed E-state index contributed by atoms with van der Waals surface area (Å²) in [5.74, 6) is -0.907. The number of hydrogen-bond donors (Lipinski definition) is 2. The number of unbranched alkanes of at least 4 members (excludes halogenated alkanes) is 2. The summed E-state index contributed by atoms with van der Waals surface area (Å²) in [6.45, 7) is 2.60. The van der Waals surface area contributed by atoms with Gasteiger partial charge in [0.25, 0.3) is 0 Å². The Bertz CT molecular complexity index is 311. The van der Waals surface area contributed by atoms with E-state index in [1.807, 2.05) is 0 Å². The van der Waals surface area contributed by atoms with Crippen LogP contribution in [0.4, 0.5) is 4.79 Å². The molecule has 1 saturated heterocycles. The van der Waals surface area contributed by atoms with E-state index >= 15 is 0 Å². The Labute approximate surface area is 119 Å². The second-order valence-electron chi connectivity index (χ2n) is 4.82. The van der Waals surface area contributed by atoms with Gasteiger partial charge in [-0.25, -0.2) is 4.79 Å². The second-order valence-corrected chi connectivity index (χ2v) is 4.82. The molecule has 2 N–H and O–H groups in total. The van der Waals surface area contributed by atoms with E-state index in [1.165, 1.54) is 0 Å². The maximum Gasteiger partial charge on any atom is 0.317 e. The molecule has 1 fully saturated rings. The molecule has 20 heavy (non-hydrogen) atoms. The first-order valence-electron chi connectivity index (χ1n) is 6.98. The van der Waals surface area contributed by atoms with Crippen LogP contribution in [-0.2, 0) is 14.3 Å². The Morgan fingerprint density at radius 1 is 1.40 bits per heavy atom. The zero-order chi connectivity index (χ0) is 14.8. The minimum absolute atomic E-state index is 0.0687. The van der Waals surface area contributed by atoms with E-state index in [0.29, 0.717) is 26.2 Å². The van der Waals surface area contributed by atoms with E-state index in [2.05, 4.69) is 5.32 Å². The fraction of sp³-hybridized carbons (Fsp3) is 0.846. The summed E-state index contributed by atoms with van der Waals surface area (Å²) >= 11 is 0. The molecule has 1 heterocycles. The van der Waals surface area contributed by atoms with Gasteiger partial charge in [-0.15, -0.1) is 0 Å². The van der Waals surface area contributed by atoms with Crippen molar-refractivity contribution in [3.8, 4) is 0 Å². The summed E-state index contributed by atoms with van der Waals surface area (Å²) in [4.78, 5) is 24.2. The minimum Gasteiger partial charge on any atom is -0.481 e. The van der Waals surface area contributed by atoms with Gasteiger partial charge in [-0.3, -0.25) is 4.79 Å². The fourth-order valence-corrected chi connectivity index (χ4v) is 2.08. The number of urea groups is 1. The van der Waals surface area contributed by atoms with Gasteiger partial charge in [-0.05, 0) is 19.3 Å². The van der Waals surface area contributed by atoms with Crippen molar-refractivity contribution >= 4 is 12.0 Å². The number of carboxylic acid groups (broad SMARTS) is 1. The highest BCUT2D eigenvalue weighted by molar-refractivity contribution is 5.74. The van der Waals surface area contributed by atoms with Crippen LogP contribution < -0.4 is 5.32 Å². The third-order valence-electron chi connectivity index (χ3n) is 3.13. The van der Waals surface area contributed by atoms with Crippen LogP contribution in [-0.4, -0.2) is 68.1 Å². The fourth-order valence-electron chi connectivity index (χ4n) is 2.08. The number of amides is 2. The Balaban J connectivity index is 2.17. The van der Waals surface area contributed by atoms with E-state index in [-0.39, 0.29) is 12.5 Å². The average Bonchev–Trinajstić information content (AvgIpc) is 2.42. The lowest BCUT2D eigenvalue weighted by molar-refractivity contribution is -0.141. The standard InChI is InChI=1S/C13H24N2O5/c1-19-7-4-2-3-5-14-13(18)15-6-8-20-11(10-15)9-12(16)17/h11H,2-10H2,1H3,(H,14,18)(H,16,17). The third-order valence-corrected chi connectivity index (χ3v) is 3.13. The van der Waals surface area contributed by atoms with Gasteiger partial charge in [0.15, 0.2) is 0 Å². The average molecular weight is 288 g/mol. The number of methoxy groups -OCH3 is 1. The number of carbonyl (C=O) groups is 2. The van der Waals surface area contributed by atoms with Gasteiger partial charge in [0, 0.05) is 33.4 Å². The highest BCUT2D eigenvalue weighted by Gasteiger charge is 2.25. The molecule has 1 rings (SSSR count). The van der Waals surface area contributed by atoms with Gasteiger partial charge in [0.05, 0.1) is 19.1 Å². The van der Waals surface area contributed by atoms with Crippen molar-refractivity contribution in [2.24, 2.45) is 0 Å². The van der Waals surface area contributed by atoms with Crippen LogP contribution in [0.25, 0.3) is 0 Å². The normalized spacial score (nSPS) is 18.9. The van der Waals surface area contributed by atoms with Crippen LogP contribution in [0.1, 0.15) is 25.7 Å². The van der Waals surface area contributed by atoms with Gasteiger partial charge in [0.1, 0.15) is 0 Å². The predicted octanol–water partition coefficient (Wildman–Crippen LogP) is 0.688. The van der Waals surface area contributed by atoms with Crippen LogP contribution >= 0.6 is 0 Å². The Morgan fingerprint density at radius 3 is 2.90 bits per heavy atom. The van der Waals surface area contributed by atoms with Crippen molar-refractivity contribution in [1.82, 2.24) is 10.2 Å². The van der Waals surface area contributed by atoms with Crippen LogP contribution in [0, 0.1) is 0 Å². The highest BCUT2D eigenvalue weighted by Crippen LogP contribution is 2.08. The summed E-state index contributed by atoms with van der Waals surface area (Å²) in [5.41, 5.74) is 0. The molecular weight excluding hydrogens is 264 g/mol. The first-order valence-corrected chi connectivity index (χ1v) is 6.98.